The van der Waals surface area contributed by atoms with Crippen LogP contribution in [-0.2, 0) is 11.3 Å². The van der Waals surface area contributed by atoms with Crippen LogP contribution in [0.1, 0.15) is 24.4 Å². The van der Waals surface area contributed by atoms with Crippen LogP contribution in [0.4, 0.5) is 4.39 Å². The van der Waals surface area contributed by atoms with E-state index in [1.807, 2.05) is 42.7 Å². The maximum atomic E-state index is 12.9. The molecule has 1 unspecified atom stereocenters. The fourth-order valence-electron chi connectivity index (χ4n) is 2.71. The van der Waals surface area contributed by atoms with Crippen LogP contribution >= 0.6 is 0 Å². The number of carbonyl (C=O) groups excluding carboxylic acids is 1. The molecule has 2 aromatic carbocycles. The zero-order valence-corrected chi connectivity index (χ0v) is 13.1. The summed E-state index contributed by atoms with van der Waals surface area (Å²) >= 11 is 0. The average molecular weight is 311 g/mol. The Morgan fingerprint density at radius 2 is 1.91 bits per heavy atom. The van der Waals surface area contributed by atoms with Crippen molar-refractivity contribution in [3.63, 3.8) is 0 Å². The molecule has 1 amide bonds. The molecule has 23 heavy (non-hydrogen) atoms. The first-order valence-electron chi connectivity index (χ1n) is 7.52. The number of amides is 1. The van der Waals surface area contributed by atoms with Crippen LogP contribution in [0.3, 0.4) is 0 Å². The average Bonchev–Trinajstić information content (AvgIpc) is 2.89. The summed E-state index contributed by atoms with van der Waals surface area (Å²) in [4.78, 5) is 16.9. The summed E-state index contributed by atoms with van der Waals surface area (Å²) in [7, 11) is 0. The van der Waals surface area contributed by atoms with E-state index in [9.17, 15) is 9.18 Å². The Morgan fingerprint density at radius 1 is 1.22 bits per heavy atom. The fourth-order valence-corrected chi connectivity index (χ4v) is 2.71. The highest BCUT2D eigenvalue weighted by Crippen LogP contribution is 2.20. The largest absolute Gasteiger partial charge is 0.350 e. The number of aromatic nitrogens is 2. The number of carbonyl (C=O) groups is 1. The van der Waals surface area contributed by atoms with Crippen LogP contribution in [-0.4, -0.2) is 15.5 Å². The van der Waals surface area contributed by atoms with Crippen LogP contribution in [0.5, 0.6) is 0 Å². The van der Waals surface area contributed by atoms with Crippen molar-refractivity contribution in [3.05, 3.63) is 65.7 Å². The van der Waals surface area contributed by atoms with Crippen LogP contribution in [0.25, 0.3) is 11.0 Å². The molecule has 0 spiro atoms. The second-order valence-corrected chi connectivity index (χ2v) is 5.54. The minimum absolute atomic E-state index is 0.0967. The summed E-state index contributed by atoms with van der Waals surface area (Å²) in [5, 5.41) is 2.89. The smallest absolute Gasteiger partial charge is 0.243 e. The number of para-hydroxylation sites is 2. The van der Waals surface area contributed by atoms with Gasteiger partial charge in [0.2, 0.25) is 5.91 Å². The maximum Gasteiger partial charge on any atom is 0.243 e. The number of benzene rings is 2. The second-order valence-electron chi connectivity index (χ2n) is 5.54. The molecule has 0 aliphatic heterocycles. The highest BCUT2D eigenvalue weighted by atomic mass is 19.1. The van der Waals surface area contributed by atoms with Gasteiger partial charge < -0.3 is 9.88 Å². The van der Waals surface area contributed by atoms with E-state index in [0.29, 0.717) is 6.54 Å². The summed E-state index contributed by atoms with van der Waals surface area (Å²) in [6.45, 7) is 4.11. The monoisotopic (exact) mass is 311 g/mol. The van der Waals surface area contributed by atoms with Crippen molar-refractivity contribution >= 4 is 16.9 Å². The van der Waals surface area contributed by atoms with E-state index in [2.05, 4.69) is 10.3 Å². The molecule has 3 aromatic rings. The molecule has 118 valence electrons. The molecule has 1 N–H and O–H groups in total. The van der Waals surface area contributed by atoms with Gasteiger partial charge in [0.05, 0.1) is 11.0 Å². The highest BCUT2D eigenvalue weighted by Gasteiger charge is 2.19. The first-order chi connectivity index (χ1) is 11.1. The van der Waals surface area contributed by atoms with Crippen molar-refractivity contribution in [2.45, 2.75) is 26.4 Å². The van der Waals surface area contributed by atoms with E-state index in [4.69, 9.17) is 0 Å². The Morgan fingerprint density at radius 3 is 2.65 bits per heavy atom. The third kappa shape index (κ3) is 3.08. The predicted octanol–water partition coefficient (Wildman–Crippen LogP) is 3.36. The van der Waals surface area contributed by atoms with Gasteiger partial charge in [0, 0.05) is 6.54 Å². The minimum Gasteiger partial charge on any atom is -0.350 e. The first-order valence-corrected chi connectivity index (χ1v) is 7.52. The lowest BCUT2D eigenvalue weighted by atomic mass is 10.2. The molecule has 0 saturated heterocycles. The molecule has 1 atom stereocenters. The molecule has 0 bridgehead atoms. The lowest BCUT2D eigenvalue weighted by molar-refractivity contribution is -0.124. The van der Waals surface area contributed by atoms with E-state index in [1.165, 1.54) is 12.1 Å². The SMILES string of the molecule is Cc1nc2ccccc2n1C(C)C(=O)NCc1ccc(F)cc1. The van der Waals surface area contributed by atoms with Crippen LogP contribution < -0.4 is 5.32 Å². The minimum atomic E-state index is -0.372. The van der Waals surface area contributed by atoms with E-state index in [-0.39, 0.29) is 17.8 Å². The van der Waals surface area contributed by atoms with Crippen molar-refractivity contribution < 1.29 is 9.18 Å². The van der Waals surface area contributed by atoms with E-state index < -0.39 is 0 Å². The molecule has 4 nitrogen and oxygen atoms in total. The molecule has 0 fully saturated rings. The Bertz CT molecular complexity index is 839. The van der Waals surface area contributed by atoms with Gasteiger partial charge in [-0.1, -0.05) is 24.3 Å². The van der Waals surface area contributed by atoms with Gasteiger partial charge in [0.15, 0.2) is 0 Å². The van der Waals surface area contributed by atoms with Crippen molar-refractivity contribution in [1.29, 1.82) is 0 Å². The van der Waals surface area contributed by atoms with Gasteiger partial charge in [0.1, 0.15) is 17.7 Å². The van der Waals surface area contributed by atoms with E-state index >= 15 is 0 Å². The van der Waals surface area contributed by atoms with Crippen LogP contribution in [0, 0.1) is 12.7 Å². The zero-order chi connectivity index (χ0) is 16.4. The molecule has 0 saturated carbocycles. The van der Waals surface area contributed by atoms with Crippen molar-refractivity contribution in [1.82, 2.24) is 14.9 Å². The molecule has 3 rings (SSSR count). The summed E-state index contributed by atoms with van der Waals surface area (Å²) in [5.74, 6) is 0.421. The number of nitrogens with zero attached hydrogens (tertiary/aromatic N) is 2. The molecular formula is C18H18FN3O. The Kier molecular flexibility index (Phi) is 4.10. The molecule has 5 heteroatoms. The Balaban J connectivity index is 1.76. The van der Waals surface area contributed by atoms with Crippen molar-refractivity contribution in [2.75, 3.05) is 0 Å². The first kappa shape index (κ1) is 15.2. The van der Waals surface area contributed by atoms with Crippen molar-refractivity contribution in [3.8, 4) is 0 Å². The molecule has 0 radical (unpaired) electrons. The van der Waals surface area contributed by atoms with Gasteiger partial charge in [0.25, 0.3) is 0 Å². The third-order valence-corrected chi connectivity index (χ3v) is 3.92. The summed E-state index contributed by atoms with van der Waals surface area (Å²) < 4.78 is 14.8. The van der Waals surface area contributed by atoms with Crippen LogP contribution in [0.15, 0.2) is 48.5 Å². The fraction of sp³-hybridized carbons (Fsp3) is 0.222. The molecule has 0 aliphatic rings. The topological polar surface area (TPSA) is 46.9 Å². The standard InChI is InChI=1S/C18H18FN3O/c1-12(18(23)20-11-14-7-9-15(19)10-8-14)22-13(2)21-16-5-3-4-6-17(16)22/h3-10,12H,11H2,1-2H3,(H,20,23). The lowest BCUT2D eigenvalue weighted by Gasteiger charge is -2.16. The van der Waals surface area contributed by atoms with E-state index in [1.54, 1.807) is 12.1 Å². The summed E-state index contributed by atoms with van der Waals surface area (Å²) in [6.07, 6.45) is 0. The Labute approximate surface area is 134 Å². The van der Waals surface area contributed by atoms with Crippen LogP contribution in [0.2, 0.25) is 0 Å². The quantitative estimate of drug-likeness (QED) is 0.803. The molecule has 1 heterocycles. The van der Waals surface area contributed by atoms with Gasteiger partial charge in [-0.25, -0.2) is 9.37 Å². The molecule has 0 aliphatic carbocycles. The number of aryl methyl sites for hydroxylation is 1. The second kappa shape index (κ2) is 6.20. The summed E-state index contributed by atoms with van der Waals surface area (Å²) in [6, 6.07) is 13.5. The number of rotatable bonds is 4. The number of imidazole rings is 1. The number of hydrogen-bond acceptors (Lipinski definition) is 2. The van der Waals surface area contributed by atoms with Gasteiger partial charge in [-0.05, 0) is 43.7 Å². The zero-order valence-electron chi connectivity index (χ0n) is 13.1. The predicted molar refractivity (Wildman–Crippen MR) is 87.4 cm³/mol. The van der Waals surface area contributed by atoms with E-state index in [0.717, 1.165) is 22.4 Å². The number of halogens is 1. The van der Waals surface area contributed by atoms with Crippen molar-refractivity contribution in [2.24, 2.45) is 0 Å². The van der Waals surface area contributed by atoms with Gasteiger partial charge in [-0.15, -0.1) is 0 Å². The summed E-state index contributed by atoms with van der Waals surface area (Å²) in [5.41, 5.74) is 2.68. The lowest BCUT2D eigenvalue weighted by Crippen LogP contribution is -2.31. The number of hydrogen-bond donors (Lipinski definition) is 1. The third-order valence-electron chi connectivity index (χ3n) is 3.92. The Hall–Kier alpha value is -2.69. The normalized spacial score (nSPS) is 12.3. The highest BCUT2D eigenvalue weighted by molar-refractivity contribution is 5.84. The van der Waals surface area contributed by atoms with Gasteiger partial charge in [-0.3, -0.25) is 4.79 Å². The maximum absolute atomic E-state index is 12.9. The number of fused-ring (bicyclic) bond motifs is 1. The molecule has 1 aromatic heterocycles. The van der Waals surface area contributed by atoms with Gasteiger partial charge >= 0.3 is 0 Å². The molecular weight excluding hydrogens is 293 g/mol. The number of nitrogens with one attached hydrogen (secondary N) is 1. The van der Waals surface area contributed by atoms with Gasteiger partial charge in [-0.2, -0.15) is 0 Å².